The van der Waals surface area contributed by atoms with Gasteiger partial charge in [-0.15, -0.1) is 0 Å². The van der Waals surface area contributed by atoms with Crippen molar-refractivity contribution in [3.8, 4) is 0 Å². The summed E-state index contributed by atoms with van der Waals surface area (Å²) < 4.78 is 0. The smallest absolute Gasteiger partial charge is 0.148 e. The minimum absolute atomic E-state index is 0.325. The first-order valence-electron chi connectivity index (χ1n) is 7.18. The molecule has 0 bridgehead atoms. The van der Waals surface area contributed by atoms with E-state index >= 15 is 0 Å². The Labute approximate surface area is 121 Å². The summed E-state index contributed by atoms with van der Waals surface area (Å²) in [6.45, 7) is 8.60. The third-order valence-electron chi connectivity index (χ3n) is 4.11. The van der Waals surface area contributed by atoms with Crippen molar-refractivity contribution in [1.82, 2.24) is 14.9 Å². The van der Waals surface area contributed by atoms with Crippen LogP contribution in [0.5, 0.6) is 0 Å². The molecule has 0 amide bonds. The maximum atomic E-state index is 5.59. The van der Waals surface area contributed by atoms with E-state index in [1.165, 1.54) is 0 Å². The topological polar surface area (TPSA) is 70.3 Å². The number of nitrogen functional groups attached to an aromatic ring is 1. The van der Waals surface area contributed by atoms with Gasteiger partial charge >= 0.3 is 0 Å². The molecular weight excluding hydrogens is 252 g/mol. The Kier molecular flexibility index (Phi) is 4.45. The van der Waals surface area contributed by atoms with Crippen LogP contribution in [-0.2, 0) is 0 Å². The maximum absolute atomic E-state index is 5.59. The van der Waals surface area contributed by atoms with Gasteiger partial charge in [0, 0.05) is 24.7 Å². The van der Waals surface area contributed by atoms with Crippen molar-refractivity contribution in [3.63, 3.8) is 0 Å². The van der Waals surface area contributed by atoms with Crippen LogP contribution in [0.25, 0.3) is 0 Å². The lowest BCUT2D eigenvalue weighted by atomic mass is 10.0. The highest BCUT2D eigenvalue weighted by atomic mass is 15.3. The molecule has 2 heterocycles. The molecule has 3 N–H and O–H groups in total. The lowest BCUT2D eigenvalue weighted by Gasteiger charge is -2.25. The van der Waals surface area contributed by atoms with E-state index in [4.69, 9.17) is 5.84 Å². The molecule has 20 heavy (non-hydrogen) atoms. The largest absolute Gasteiger partial charge is 0.354 e. The van der Waals surface area contributed by atoms with E-state index in [1.54, 1.807) is 6.33 Å². The first-order chi connectivity index (χ1) is 9.45. The maximum Gasteiger partial charge on any atom is 0.148 e. The summed E-state index contributed by atoms with van der Waals surface area (Å²) >= 11 is 0. The fourth-order valence-corrected chi connectivity index (χ4v) is 3.08. The van der Waals surface area contributed by atoms with Gasteiger partial charge in [-0.05, 0) is 25.9 Å². The number of hydrogen-bond acceptors (Lipinski definition) is 6. The zero-order valence-electron chi connectivity index (χ0n) is 13.1. The summed E-state index contributed by atoms with van der Waals surface area (Å²) in [5, 5.41) is 0. The molecule has 0 aliphatic carbocycles. The highest BCUT2D eigenvalue weighted by Crippen LogP contribution is 2.33. The van der Waals surface area contributed by atoms with E-state index in [9.17, 15) is 0 Å². The third kappa shape index (κ3) is 2.71. The summed E-state index contributed by atoms with van der Waals surface area (Å²) in [6, 6.07) is 0.555. The Hall–Kier alpha value is -1.40. The van der Waals surface area contributed by atoms with Crippen molar-refractivity contribution in [1.29, 1.82) is 0 Å². The molecule has 0 aromatic carbocycles. The van der Waals surface area contributed by atoms with Gasteiger partial charge < -0.3 is 15.2 Å². The Bertz CT molecular complexity index is 459. The number of nitrogens with two attached hydrogens (primary N) is 1. The minimum Gasteiger partial charge on any atom is -0.354 e. The molecule has 1 aromatic rings. The molecule has 0 radical (unpaired) electrons. The van der Waals surface area contributed by atoms with Crippen molar-refractivity contribution in [3.05, 3.63) is 11.9 Å². The van der Waals surface area contributed by atoms with Crippen molar-refractivity contribution < 1.29 is 0 Å². The lowest BCUT2D eigenvalue weighted by molar-refractivity contribution is 0.266. The number of rotatable bonds is 4. The summed E-state index contributed by atoms with van der Waals surface area (Å²) in [5.74, 6) is 8.28. The van der Waals surface area contributed by atoms with E-state index in [-0.39, 0.29) is 0 Å². The highest BCUT2D eigenvalue weighted by Gasteiger charge is 2.33. The van der Waals surface area contributed by atoms with E-state index in [1.807, 2.05) is 0 Å². The normalized spacial score (nSPS) is 22.9. The van der Waals surface area contributed by atoms with Crippen LogP contribution >= 0.6 is 0 Å². The fraction of sp³-hybridized carbons (Fsp3) is 0.714. The number of aromatic nitrogens is 2. The fourth-order valence-electron chi connectivity index (χ4n) is 3.08. The molecule has 0 spiro atoms. The van der Waals surface area contributed by atoms with E-state index < -0.39 is 0 Å². The average molecular weight is 278 g/mol. The summed E-state index contributed by atoms with van der Waals surface area (Å²) in [5.41, 5.74) is 3.80. The van der Waals surface area contributed by atoms with Crippen LogP contribution in [0.3, 0.4) is 0 Å². The first kappa shape index (κ1) is 15.0. The molecule has 2 rings (SSSR count). The van der Waals surface area contributed by atoms with Gasteiger partial charge in [-0.1, -0.05) is 20.8 Å². The zero-order chi connectivity index (χ0) is 14.9. The van der Waals surface area contributed by atoms with Gasteiger partial charge in [-0.2, -0.15) is 0 Å². The first-order valence-corrected chi connectivity index (χ1v) is 7.18. The molecule has 2 unspecified atom stereocenters. The zero-order valence-corrected chi connectivity index (χ0v) is 13.1. The molecule has 6 nitrogen and oxygen atoms in total. The number of nitrogens with zero attached hydrogens (tertiary/aromatic N) is 4. The van der Waals surface area contributed by atoms with E-state index in [0.29, 0.717) is 17.9 Å². The standard InChI is InChI=1S/C14H26N6/c1-9(2)12-13(18-15)16-8-17-14(12)20-6-10(3)11(7-20)19(4)5/h8-11H,6-7,15H2,1-5H3,(H,16,17,18). The van der Waals surface area contributed by atoms with E-state index in [0.717, 1.165) is 30.3 Å². The number of nitrogens with one attached hydrogen (secondary N) is 1. The van der Waals surface area contributed by atoms with Crippen molar-refractivity contribution in [2.24, 2.45) is 11.8 Å². The molecule has 112 valence electrons. The van der Waals surface area contributed by atoms with Crippen LogP contribution in [0.1, 0.15) is 32.3 Å². The number of hydrazine groups is 1. The van der Waals surface area contributed by atoms with Gasteiger partial charge in [0.25, 0.3) is 0 Å². The molecule has 6 heteroatoms. The predicted molar refractivity (Wildman–Crippen MR) is 82.8 cm³/mol. The van der Waals surface area contributed by atoms with Crippen molar-refractivity contribution in [2.45, 2.75) is 32.7 Å². The molecule has 1 fully saturated rings. The average Bonchev–Trinajstić information content (AvgIpc) is 2.79. The molecule has 1 aliphatic rings. The number of hydrogen-bond donors (Lipinski definition) is 2. The minimum atomic E-state index is 0.325. The van der Waals surface area contributed by atoms with Crippen LogP contribution in [0, 0.1) is 5.92 Å². The van der Waals surface area contributed by atoms with E-state index in [2.05, 4.69) is 60.1 Å². The van der Waals surface area contributed by atoms with Gasteiger partial charge in [0.1, 0.15) is 18.0 Å². The summed E-state index contributed by atoms with van der Waals surface area (Å²) in [7, 11) is 4.28. The number of likely N-dealkylation sites (N-methyl/N-ethyl adjacent to an activating group) is 1. The van der Waals surface area contributed by atoms with Gasteiger partial charge in [0.2, 0.25) is 0 Å². The molecule has 1 aliphatic heterocycles. The Morgan fingerprint density at radius 2 is 2.05 bits per heavy atom. The van der Waals surface area contributed by atoms with Gasteiger partial charge in [0.05, 0.1) is 0 Å². The summed E-state index contributed by atoms with van der Waals surface area (Å²) in [4.78, 5) is 13.4. The van der Waals surface area contributed by atoms with Crippen LogP contribution in [0.2, 0.25) is 0 Å². The second-order valence-electron chi connectivity index (χ2n) is 6.17. The predicted octanol–water partition coefficient (Wildman–Crippen LogP) is 1.27. The summed E-state index contributed by atoms with van der Waals surface area (Å²) in [6.07, 6.45) is 1.59. The molecular formula is C14H26N6. The Morgan fingerprint density at radius 3 is 2.55 bits per heavy atom. The van der Waals surface area contributed by atoms with Gasteiger partial charge in [-0.25, -0.2) is 15.8 Å². The third-order valence-corrected chi connectivity index (χ3v) is 4.11. The van der Waals surface area contributed by atoms with Crippen LogP contribution in [0.15, 0.2) is 6.33 Å². The quantitative estimate of drug-likeness (QED) is 0.638. The van der Waals surface area contributed by atoms with Gasteiger partial charge in [-0.3, -0.25) is 0 Å². The molecule has 1 aromatic heterocycles. The SMILES string of the molecule is CC(C)c1c(NN)ncnc1N1CC(C)C(N(C)C)C1. The van der Waals surface area contributed by atoms with Crippen molar-refractivity contribution in [2.75, 3.05) is 37.5 Å². The number of anilines is 2. The van der Waals surface area contributed by atoms with Crippen LogP contribution in [0.4, 0.5) is 11.6 Å². The highest BCUT2D eigenvalue weighted by molar-refractivity contribution is 5.60. The monoisotopic (exact) mass is 278 g/mol. The lowest BCUT2D eigenvalue weighted by Crippen LogP contribution is -2.34. The molecule has 1 saturated heterocycles. The molecule has 2 atom stereocenters. The molecule has 0 saturated carbocycles. The second kappa shape index (κ2) is 5.93. The second-order valence-corrected chi connectivity index (χ2v) is 6.17. The van der Waals surface area contributed by atoms with Crippen molar-refractivity contribution >= 4 is 11.6 Å². The van der Waals surface area contributed by atoms with Gasteiger partial charge in [0.15, 0.2) is 0 Å². The van der Waals surface area contributed by atoms with Crippen LogP contribution < -0.4 is 16.2 Å². The Balaban J connectivity index is 2.34. The Morgan fingerprint density at radius 1 is 1.35 bits per heavy atom. The van der Waals surface area contributed by atoms with Crippen LogP contribution in [-0.4, -0.2) is 48.1 Å².